The van der Waals surface area contributed by atoms with Crippen LogP contribution in [0.4, 0.5) is 5.82 Å². The molecule has 74 valence electrons. The Hall–Kier alpha value is -1.54. The Morgan fingerprint density at radius 3 is 2.86 bits per heavy atom. The zero-order chi connectivity index (χ0) is 10.1. The molecule has 0 aromatic carbocycles. The van der Waals surface area contributed by atoms with Crippen molar-refractivity contribution >= 4 is 5.82 Å². The standard InChI is InChI=1S/C9H13N5/c1-6-8(3-10)9(14(2)13-6)12-7-4-11-5-7/h7,11-12H,4-5H2,1-2H3. The van der Waals surface area contributed by atoms with Gasteiger partial charge in [-0.05, 0) is 6.92 Å². The van der Waals surface area contributed by atoms with Crippen molar-refractivity contribution in [3.63, 3.8) is 0 Å². The fourth-order valence-electron chi connectivity index (χ4n) is 1.54. The lowest BCUT2D eigenvalue weighted by atomic mass is 10.1. The number of nitriles is 1. The van der Waals surface area contributed by atoms with Crippen molar-refractivity contribution in [1.29, 1.82) is 5.26 Å². The zero-order valence-corrected chi connectivity index (χ0v) is 8.33. The van der Waals surface area contributed by atoms with Crippen LogP contribution in [0.25, 0.3) is 0 Å². The van der Waals surface area contributed by atoms with E-state index < -0.39 is 0 Å². The third kappa shape index (κ3) is 1.34. The van der Waals surface area contributed by atoms with Crippen molar-refractivity contribution < 1.29 is 0 Å². The maximum atomic E-state index is 8.96. The molecule has 5 heteroatoms. The molecule has 0 spiro atoms. The van der Waals surface area contributed by atoms with Crippen LogP contribution in [0.3, 0.4) is 0 Å². The highest BCUT2D eigenvalue weighted by atomic mass is 15.3. The van der Waals surface area contributed by atoms with Gasteiger partial charge in [-0.2, -0.15) is 10.4 Å². The molecular weight excluding hydrogens is 178 g/mol. The van der Waals surface area contributed by atoms with Crippen molar-refractivity contribution in [2.45, 2.75) is 13.0 Å². The van der Waals surface area contributed by atoms with Gasteiger partial charge in [0.05, 0.1) is 11.7 Å². The Bertz CT molecular complexity index is 383. The minimum Gasteiger partial charge on any atom is -0.364 e. The van der Waals surface area contributed by atoms with Crippen molar-refractivity contribution in [1.82, 2.24) is 15.1 Å². The number of hydrogen-bond acceptors (Lipinski definition) is 4. The van der Waals surface area contributed by atoms with Gasteiger partial charge in [0, 0.05) is 20.1 Å². The van der Waals surface area contributed by atoms with Gasteiger partial charge >= 0.3 is 0 Å². The van der Waals surface area contributed by atoms with Crippen molar-refractivity contribution in [3.05, 3.63) is 11.3 Å². The molecule has 1 aliphatic rings. The molecule has 1 aromatic rings. The van der Waals surface area contributed by atoms with Gasteiger partial charge in [-0.3, -0.25) is 4.68 Å². The summed E-state index contributed by atoms with van der Waals surface area (Å²) in [5, 5.41) is 19.6. The SMILES string of the molecule is Cc1nn(C)c(NC2CNC2)c1C#N. The summed E-state index contributed by atoms with van der Waals surface area (Å²) in [6.45, 7) is 3.76. The molecule has 14 heavy (non-hydrogen) atoms. The summed E-state index contributed by atoms with van der Waals surface area (Å²) in [5.74, 6) is 0.830. The van der Waals surface area contributed by atoms with Gasteiger partial charge in [-0.25, -0.2) is 0 Å². The van der Waals surface area contributed by atoms with Crippen LogP contribution in [0.2, 0.25) is 0 Å². The summed E-state index contributed by atoms with van der Waals surface area (Å²) < 4.78 is 1.73. The lowest BCUT2D eigenvalue weighted by Crippen LogP contribution is -2.51. The van der Waals surface area contributed by atoms with Gasteiger partial charge in [0.15, 0.2) is 0 Å². The van der Waals surface area contributed by atoms with Crippen molar-refractivity contribution in [3.8, 4) is 6.07 Å². The van der Waals surface area contributed by atoms with E-state index in [-0.39, 0.29) is 0 Å². The van der Waals surface area contributed by atoms with E-state index >= 15 is 0 Å². The lowest BCUT2D eigenvalue weighted by Gasteiger charge is -2.28. The average molecular weight is 191 g/mol. The van der Waals surface area contributed by atoms with E-state index in [9.17, 15) is 0 Å². The monoisotopic (exact) mass is 191 g/mol. The number of anilines is 1. The van der Waals surface area contributed by atoms with E-state index in [1.807, 2.05) is 14.0 Å². The topological polar surface area (TPSA) is 65.7 Å². The summed E-state index contributed by atoms with van der Waals surface area (Å²) in [7, 11) is 1.85. The second-order valence-electron chi connectivity index (χ2n) is 3.54. The molecule has 0 unspecified atom stereocenters. The smallest absolute Gasteiger partial charge is 0.142 e. The van der Waals surface area contributed by atoms with E-state index in [0.717, 1.165) is 24.6 Å². The van der Waals surface area contributed by atoms with E-state index in [2.05, 4.69) is 21.8 Å². The molecule has 1 aliphatic heterocycles. The maximum absolute atomic E-state index is 8.96. The highest BCUT2D eigenvalue weighted by Gasteiger charge is 2.20. The van der Waals surface area contributed by atoms with E-state index in [1.54, 1.807) is 4.68 Å². The zero-order valence-electron chi connectivity index (χ0n) is 8.33. The predicted octanol–water partition coefficient (Wildman–Crippen LogP) is -0.0161. The van der Waals surface area contributed by atoms with Crippen LogP contribution in [0.1, 0.15) is 11.3 Å². The average Bonchev–Trinajstić information content (AvgIpc) is 2.33. The Labute approximate surface area is 82.7 Å². The van der Waals surface area contributed by atoms with Crippen LogP contribution in [-0.4, -0.2) is 28.9 Å². The number of nitrogens with one attached hydrogen (secondary N) is 2. The number of aromatic nitrogens is 2. The Balaban J connectivity index is 2.26. The third-order valence-corrected chi connectivity index (χ3v) is 2.46. The molecule has 1 saturated heterocycles. The van der Waals surface area contributed by atoms with Gasteiger partial charge in [0.1, 0.15) is 17.5 Å². The second kappa shape index (κ2) is 3.31. The van der Waals surface area contributed by atoms with Crippen molar-refractivity contribution in [2.75, 3.05) is 18.4 Å². The second-order valence-corrected chi connectivity index (χ2v) is 3.54. The van der Waals surface area contributed by atoms with Crippen LogP contribution in [0.5, 0.6) is 0 Å². The van der Waals surface area contributed by atoms with Crippen LogP contribution in [-0.2, 0) is 7.05 Å². The molecule has 2 rings (SSSR count). The molecule has 0 amide bonds. The first kappa shape index (κ1) is 9.03. The molecule has 1 fully saturated rings. The number of aryl methyl sites for hydroxylation is 2. The quantitative estimate of drug-likeness (QED) is 0.689. The van der Waals surface area contributed by atoms with Crippen molar-refractivity contribution in [2.24, 2.45) is 7.05 Å². The summed E-state index contributed by atoms with van der Waals surface area (Å²) >= 11 is 0. The largest absolute Gasteiger partial charge is 0.364 e. The fraction of sp³-hybridized carbons (Fsp3) is 0.556. The molecule has 0 saturated carbocycles. The summed E-state index contributed by atoms with van der Waals surface area (Å²) in [5.41, 5.74) is 1.43. The predicted molar refractivity (Wildman–Crippen MR) is 52.9 cm³/mol. The summed E-state index contributed by atoms with van der Waals surface area (Å²) in [6, 6.07) is 2.60. The molecule has 5 nitrogen and oxygen atoms in total. The molecule has 2 heterocycles. The minimum atomic E-state index is 0.428. The highest BCUT2D eigenvalue weighted by molar-refractivity contribution is 5.55. The van der Waals surface area contributed by atoms with Gasteiger partial charge in [0.2, 0.25) is 0 Å². The first-order valence-electron chi connectivity index (χ1n) is 4.63. The molecule has 0 aliphatic carbocycles. The van der Waals surface area contributed by atoms with Gasteiger partial charge < -0.3 is 10.6 Å². The molecular formula is C9H13N5. The van der Waals surface area contributed by atoms with Gasteiger partial charge in [-0.1, -0.05) is 0 Å². The molecule has 0 radical (unpaired) electrons. The Kier molecular flexibility index (Phi) is 2.14. The first-order chi connectivity index (χ1) is 6.72. The summed E-state index contributed by atoms with van der Waals surface area (Å²) in [6.07, 6.45) is 0. The van der Waals surface area contributed by atoms with E-state index in [0.29, 0.717) is 11.6 Å². The number of hydrogen-bond donors (Lipinski definition) is 2. The molecule has 1 aromatic heterocycles. The minimum absolute atomic E-state index is 0.428. The highest BCUT2D eigenvalue weighted by Crippen LogP contribution is 2.18. The van der Waals surface area contributed by atoms with Crippen LogP contribution in [0.15, 0.2) is 0 Å². The summed E-state index contributed by atoms with van der Waals surface area (Å²) in [4.78, 5) is 0. The van der Waals surface area contributed by atoms with Crippen LogP contribution in [0, 0.1) is 18.3 Å². The Morgan fingerprint density at radius 1 is 1.64 bits per heavy atom. The van der Waals surface area contributed by atoms with E-state index in [1.165, 1.54) is 0 Å². The van der Waals surface area contributed by atoms with Gasteiger partial charge in [-0.15, -0.1) is 0 Å². The van der Waals surface area contributed by atoms with Gasteiger partial charge in [0.25, 0.3) is 0 Å². The lowest BCUT2D eigenvalue weighted by molar-refractivity contribution is 0.468. The number of nitrogens with zero attached hydrogens (tertiary/aromatic N) is 3. The van der Waals surface area contributed by atoms with Crippen LogP contribution < -0.4 is 10.6 Å². The third-order valence-electron chi connectivity index (χ3n) is 2.46. The Morgan fingerprint density at radius 2 is 2.36 bits per heavy atom. The van der Waals surface area contributed by atoms with Crippen LogP contribution >= 0.6 is 0 Å². The molecule has 2 N–H and O–H groups in total. The number of rotatable bonds is 2. The normalized spacial score (nSPS) is 16.1. The van der Waals surface area contributed by atoms with E-state index in [4.69, 9.17) is 5.26 Å². The first-order valence-corrected chi connectivity index (χ1v) is 4.63. The molecule has 0 bridgehead atoms. The fourth-order valence-corrected chi connectivity index (χ4v) is 1.54. The molecule has 0 atom stereocenters. The maximum Gasteiger partial charge on any atom is 0.142 e.